The van der Waals surface area contributed by atoms with Crippen molar-refractivity contribution in [2.45, 2.75) is 12.8 Å². The molecule has 1 unspecified atom stereocenters. The van der Waals surface area contributed by atoms with Crippen LogP contribution in [0.1, 0.15) is 18.6 Å². The number of furan rings is 1. The first-order chi connectivity index (χ1) is 5.79. The van der Waals surface area contributed by atoms with Gasteiger partial charge in [-0.3, -0.25) is 4.79 Å². The van der Waals surface area contributed by atoms with Crippen molar-refractivity contribution in [2.75, 3.05) is 6.54 Å². The Balaban J connectivity index is 2.10. The summed E-state index contributed by atoms with van der Waals surface area (Å²) in [5, 5.41) is 2.72. The number of hydrogen-bond acceptors (Lipinski definition) is 2. The molecule has 1 fully saturated rings. The van der Waals surface area contributed by atoms with Crippen LogP contribution in [0.4, 0.5) is 0 Å². The molecule has 0 aliphatic carbocycles. The van der Waals surface area contributed by atoms with E-state index in [4.69, 9.17) is 4.42 Å². The zero-order valence-electron chi connectivity index (χ0n) is 6.91. The molecule has 1 aliphatic rings. The summed E-state index contributed by atoms with van der Waals surface area (Å²) in [6, 6.07) is 3.76. The van der Waals surface area contributed by atoms with Crippen molar-refractivity contribution in [1.82, 2.24) is 5.32 Å². The van der Waals surface area contributed by atoms with Crippen LogP contribution in [-0.4, -0.2) is 12.5 Å². The summed E-state index contributed by atoms with van der Waals surface area (Å²) < 4.78 is 5.22. The minimum absolute atomic E-state index is 0.108. The van der Waals surface area contributed by atoms with Crippen molar-refractivity contribution in [3.05, 3.63) is 24.2 Å². The maximum absolute atomic E-state index is 11.0. The van der Waals surface area contributed by atoms with E-state index >= 15 is 0 Å². The topological polar surface area (TPSA) is 42.2 Å². The van der Waals surface area contributed by atoms with E-state index in [0.29, 0.717) is 0 Å². The highest BCUT2D eigenvalue weighted by molar-refractivity contribution is 5.85. The van der Waals surface area contributed by atoms with Crippen molar-refractivity contribution in [2.24, 2.45) is 5.92 Å². The Labute approximate surface area is 70.8 Å². The summed E-state index contributed by atoms with van der Waals surface area (Å²) in [5.74, 6) is 1.35. The van der Waals surface area contributed by atoms with Crippen molar-refractivity contribution < 1.29 is 9.21 Å². The summed E-state index contributed by atoms with van der Waals surface area (Å²) in [5.41, 5.74) is 0. The predicted molar refractivity (Wildman–Crippen MR) is 43.6 cm³/mol. The SMILES string of the molecule is CC(c1ccco1)[C@H]1CNC1=O. The molecular weight excluding hydrogens is 154 g/mol. The average molecular weight is 165 g/mol. The second-order valence-electron chi connectivity index (χ2n) is 3.16. The van der Waals surface area contributed by atoms with Gasteiger partial charge in [-0.1, -0.05) is 6.92 Å². The molecule has 0 saturated carbocycles. The predicted octanol–water partition coefficient (Wildman–Crippen LogP) is 1.13. The van der Waals surface area contributed by atoms with Crippen LogP contribution in [0, 0.1) is 5.92 Å². The Hall–Kier alpha value is -1.25. The molecule has 0 radical (unpaired) electrons. The first kappa shape index (κ1) is 7.40. The van der Waals surface area contributed by atoms with Crippen LogP contribution in [0.3, 0.4) is 0 Å². The van der Waals surface area contributed by atoms with E-state index in [0.717, 1.165) is 12.3 Å². The van der Waals surface area contributed by atoms with Gasteiger partial charge in [0.25, 0.3) is 0 Å². The van der Waals surface area contributed by atoms with Crippen molar-refractivity contribution >= 4 is 5.91 Å². The highest BCUT2D eigenvalue weighted by Gasteiger charge is 2.34. The molecule has 1 N–H and O–H groups in total. The third kappa shape index (κ3) is 1.02. The molecule has 2 heterocycles. The minimum atomic E-state index is 0.108. The third-order valence-electron chi connectivity index (χ3n) is 2.43. The molecule has 0 spiro atoms. The highest BCUT2D eigenvalue weighted by atomic mass is 16.3. The minimum Gasteiger partial charge on any atom is -0.469 e. The molecule has 0 bridgehead atoms. The van der Waals surface area contributed by atoms with Crippen LogP contribution in [-0.2, 0) is 4.79 Å². The Morgan fingerprint density at radius 1 is 1.75 bits per heavy atom. The molecule has 1 aliphatic heterocycles. The molecule has 1 amide bonds. The first-order valence-corrected chi connectivity index (χ1v) is 4.10. The van der Waals surface area contributed by atoms with Gasteiger partial charge < -0.3 is 9.73 Å². The molecule has 3 heteroatoms. The van der Waals surface area contributed by atoms with Gasteiger partial charge in [-0.15, -0.1) is 0 Å². The van der Waals surface area contributed by atoms with Crippen LogP contribution in [0.5, 0.6) is 0 Å². The van der Waals surface area contributed by atoms with E-state index in [1.807, 2.05) is 19.1 Å². The van der Waals surface area contributed by atoms with E-state index in [1.165, 1.54) is 0 Å². The van der Waals surface area contributed by atoms with Crippen LogP contribution in [0.25, 0.3) is 0 Å². The Morgan fingerprint density at radius 2 is 2.58 bits per heavy atom. The average Bonchev–Trinajstić information content (AvgIpc) is 2.53. The molecule has 3 nitrogen and oxygen atoms in total. The van der Waals surface area contributed by atoms with Gasteiger partial charge in [0.05, 0.1) is 12.2 Å². The lowest BCUT2D eigenvalue weighted by Gasteiger charge is -2.29. The molecule has 1 aromatic heterocycles. The summed E-state index contributed by atoms with van der Waals surface area (Å²) in [4.78, 5) is 11.0. The molecule has 12 heavy (non-hydrogen) atoms. The van der Waals surface area contributed by atoms with Gasteiger partial charge >= 0.3 is 0 Å². The third-order valence-corrected chi connectivity index (χ3v) is 2.43. The fraction of sp³-hybridized carbons (Fsp3) is 0.444. The zero-order chi connectivity index (χ0) is 8.55. The lowest BCUT2D eigenvalue weighted by atomic mass is 9.86. The smallest absolute Gasteiger partial charge is 0.225 e. The van der Waals surface area contributed by atoms with Crippen molar-refractivity contribution in [3.63, 3.8) is 0 Å². The van der Waals surface area contributed by atoms with E-state index in [2.05, 4.69) is 5.32 Å². The lowest BCUT2D eigenvalue weighted by Crippen LogP contribution is -2.50. The van der Waals surface area contributed by atoms with Gasteiger partial charge in [0.1, 0.15) is 5.76 Å². The maximum atomic E-state index is 11.0. The molecule has 1 saturated heterocycles. The number of rotatable bonds is 2. The van der Waals surface area contributed by atoms with E-state index < -0.39 is 0 Å². The molecule has 1 aromatic rings. The maximum Gasteiger partial charge on any atom is 0.225 e. The van der Waals surface area contributed by atoms with Gasteiger partial charge in [0.2, 0.25) is 5.91 Å². The molecule has 2 atom stereocenters. The highest BCUT2D eigenvalue weighted by Crippen LogP contribution is 2.27. The zero-order valence-corrected chi connectivity index (χ0v) is 6.91. The number of carbonyl (C=O) groups excluding carboxylic acids is 1. The number of amides is 1. The van der Waals surface area contributed by atoms with Gasteiger partial charge in [-0.25, -0.2) is 0 Å². The van der Waals surface area contributed by atoms with Crippen LogP contribution < -0.4 is 5.32 Å². The van der Waals surface area contributed by atoms with Crippen molar-refractivity contribution in [3.8, 4) is 0 Å². The van der Waals surface area contributed by atoms with E-state index in [1.54, 1.807) is 6.26 Å². The van der Waals surface area contributed by atoms with Crippen molar-refractivity contribution in [1.29, 1.82) is 0 Å². The summed E-state index contributed by atoms with van der Waals surface area (Å²) in [6.07, 6.45) is 1.64. The second kappa shape index (κ2) is 2.66. The first-order valence-electron chi connectivity index (χ1n) is 4.10. The standard InChI is InChI=1S/C9H11NO2/c1-6(7-5-10-9(7)11)8-3-2-4-12-8/h2-4,6-7H,5H2,1H3,(H,10,11)/t6?,7-/m1/s1. The second-order valence-corrected chi connectivity index (χ2v) is 3.16. The van der Waals surface area contributed by atoms with E-state index in [-0.39, 0.29) is 17.7 Å². The van der Waals surface area contributed by atoms with Gasteiger partial charge in [-0.05, 0) is 12.1 Å². The molecule has 2 rings (SSSR count). The summed E-state index contributed by atoms with van der Waals surface area (Å²) >= 11 is 0. The fourth-order valence-corrected chi connectivity index (χ4v) is 1.46. The normalized spacial score (nSPS) is 24.4. The van der Waals surface area contributed by atoms with Crippen LogP contribution in [0.2, 0.25) is 0 Å². The van der Waals surface area contributed by atoms with Gasteiger partial charge in [0.15, 0.2) is 0 Å². The van der Waals surface area contributed by atoms with Crippen LogP contribution >= 0.6 is 0 Å². The Kier molecular flexibility index (Phi) is 1.64. The monoisotopic (exact) mass is 165 g/mol. The number of hydrogen-bond donors (Lipinski definition) is 1. The van der Waals surface area contributed by atoms with Gasteiger partial charge in [0, 0.05) is 12.5 Å². The molecular formula is C9H11NO2. The number of carbonyl (C=O) groups is 1. The Bertz CT molecular complexity index is 279. The lowest BCUT2D eigenvalue weighted by molar-refractivity contribution is -0.132. The largest absolute Gasteiger partial charge is 0.469 e. The summed E-state index contributed by atoms with van der Waals surface area (Å²) in [6.45, 7) is 2.79. The van der Waals surface area contributed by atoms with Crippen LogP contribution in [0.15, 0.2) is 22.8 Å². The molecule has 64 valence electrons. The number of nitrogens with one attached hydrogen (secondary N) is 1. The molecule has 0 aromatic carbocycles. The Morgan fingerprint density at radius 3 is 3.00 bits per heavy atom. The van der Waals surface area contributed by atoms with Gasteiger partial charge in [-0.2, -0.15) is 0 Å². The summed E-state index contributed by atoms with van der Waals surface area (Å²) in [7, 11) is 0. The quantitative estimate of drug-likeness (QED) is 0.667. The fourth-order valence-electron chi connectivity index (χ4n) is 1.46. The number of β-lactam (4-membered cyclic amide) rings is 1. The van der Waals surface area contributed by atoms with E-state index in [9.17, 15) is 4.79 Å².